The van der Waals surface area contributed by atoms with Gasteiger partial charge in [-0.15, -0.1) is 0 Å². The summed E-state index contributed by atoms with van der Waals surface area (Å²) in [5, 5.41) is 5.78. The fourth-order valence-electron chi connectivity index (χ4n) is 2.89. The number of benzene rings is 2. The molecule has 0 spiro atoms. The zero-order valence-electron chi connectivity index (χ0n) is 15.8. The lowest BCUT2D eigenvalue weighted by atomic mass is 10.0. The van der Waals surface area contributed by atoms with Gasteiger partial charge in [0.25, 0.3) is 11.8 Å². The lowest BCUT2D eigenvalue weighted by Gasteiger charge is -2.13. The maximum Gasteiger partial charge on any atom is 0.255 e. The first kappa shape index (κ1) is 19.7. The molecule has 0 aliphatic carbocycles. The summed E-state index contributed by atoms with van der Waals surface area (Å²) < 4.78 is 4.96. The minimum atomic E-state index is -0.228. The first-order valence-electron chi connectivity index (χ1n) is 8.68. The van der Waals surface area contributed by atoms with Gasteiger partial charge >= 0.3 is 0 Å². The Balaban J connectivity index is 2.10. The molecule has 0 unspecified atom stereocenters. The van der Waals surface area contributed by atoms with E-state index in [0.29, 0.717) is 24.3 Å². The van der Waals surface area contributed by atoms with Crippen LogP contribution in [-0.4, -0.2) is 32.1 Å². The summed E-state index contributed by atoms with van der Waals surface area (Å²) >= 11 is 0. The van der Waals surface area contributed by atoms with Gasteiger partial charge in [-0.3, -0.25) is 9.59 Å². The van der Waals surface area contributed by atoms with Gasteiger partial charge in [0.1, 0.15) is 0 Å². The molecule has 26 heavy (non-hydrogen) atoms. The first-order chi connectivity index (χ1) is 12.4. The number of hydrogen-bond acceptors (Lipinski definition) is 3. The van der Waals surface area contributed by atoms with Crippen molar-refractivity contribution in [3.63, 3.8) is 0 Å². The van der Waals surface area contributed by atoms with Crippen molar-refractivity contribution in [2.24, 2.45) is 0 Å². The molecule has 138 valence electrons. The van der Waals surface area contributed by atoms with E-state index >= 15 is 0 Å². The van der Waals surface area contributed by atoms with Crippen molar-refractivity contribution in [2.75, 3.05) is 25.6 Å². The molecule has 0 fully saturated rings. The van der Waals surface area contributed by atoms with Gasteiger partial charge in [0.05, 0.1) is 0 Å². The number of aryl methyl sites for hydroxylation is 3. The van der Waals surface area contributed by atoms with Gasteiger partial charge in [-0.25, -0.2) is 0 Å². The summed E-state index contributed by atoms with van der Waals surface area (Å²) in [4.78, 5) is 24.8. The fraction of sp³-hybridized carbons (Fsp3) is 0.333. The number of carbonyl (C=O) groups excluding carboxylic acids is 2. The van der Waals surface area contributed by atoms with E-state index < -0.39 is 0 Å². The molecule has 2 rings (SSSR count). The lowest BCUT2D eigenvalue weighted by Crippen LogP contribution is -2.25. The zero-order chi connectivity index (χ0) is 19.1. The van der Waals surface area contributed by atoms with Crippen LogP contribution in [0.1, 0.15) is 43.8 Å². The molecule has 5 nitrogen and oxygen atoms in total. The maximum atomic E-state index is 12.6. The topological polar surface area (TPSA) is 67.4 Å². The molecular formula is C21H26N2O3. The quantitative estimate of drug-likeness (QED) is 0.746. The van der Waals surface area contributed by atoms with Crippen molar-refractivity contribution >= 4 is 17.5 Å². The number of amides is 2. The number of ether oxygens (including phenoxy) is 1. The normalized spacial score (nSPS) is 10.5. The van der Waals surface area contributed by atoms with Crippen LogP contribution in [0.25, 0.3) is 0 Å². The van der Waals surface area contributed by atoms with Gasteiger partial charge in [-0.1, -0.05) is 23.8 Å². The second kappa shape index (κ2) is 9.15. The molecule has 0 saturated heterocycles. The molecule has 0 heterocycles. The molecule has 0 atom stereocenters. The largest absolute Gasteiger partial charge is 0.385 e. The third kappa shape index (κ3) is 5.17. The van der Waals surface area contributed by atoms with Crippen LogP contribution in [0.2, 0.25) is 0 Å². The van der Waals surface area contributed by atoms with Crippen molar-refractivity contribution in [3.05, 3.63) is 64.2 Å². The number of hydrogen-bond donors (Lipinski definition) is 2. The Morgan fingerprint density at radius 2 is 1.58 bits per heavy atom. The summed E-state index contributed by atoms with van der Waals surface area (Å²) in [5.74, 6) is -0.424. The van der Waals surface area contributed by atoms with Crippen LogP contribution >= 0.6 is 0 Å². The highest BCUT2D eigenvalue weighted by atomic mass is 16.5. The molecule has 0 aliphatic heterocycles. The Labute approximate surface area is 154 Å². The second-order valence-electron chi connectivity index (χ2n) is 6.41. The van der Waals surface area contributed by atoms with E-state index in [9.17, 15) is 9.59 Å². The van der Waals surface area contributed by atoms with Crippen LogP contribution in [0.5, 0.6) is 0 Å². The SMILES string of the molecule is COCCCNC(=O)c1cccc(C(=O)Nc2c(C)cc(C)cc2C)c1. The molecular weight excluding hydrogens is 328 g/mol. The molecule has 0 saturated carbocycles. The van der Waals surface area contributed by atoms with Gasteiger partial charge in [0, 0.05) is 37.1 Å². The average Bonchev–Trinajstić information content (AvgIpc) is 2.61. The predicted octanol–water partition coefficient (Wildman–Crippen LogP) is 3.63. The van der Waals surface area contributed by atoms with E-state index in [-0.39, 0.29) is 11.8 Å². The minimum absolute atomic E-state index is 0.196. The van der Waals surface area contributed by atoms with Crippen LogP contribution < -0.4 is 10.6 Å². The molecule has 0 radical (unpaired) electrons. The summed E-state index contributed by atoms with van der Waals surface area (Å²) in [6.07, 6.45) is 0.744. The molecule has 0 aromatic heterocycles. The van der Waals surface area contributed by atoms with E-state index in [2.05, 4.69) is 10.6 Å². The number of rotatable bonds is 7. The van der Waals surface area contributed by atoms with Crippen LogP contribution in [0, 0.1) is 20.8 Å². The number of carbonyl (C=O) groups is 2. The Hall–Kier alpha value is -2.66. The minimum Gasteiger partial charge on any atom is -0.385 e. The van der Waals surface area contributed by atoms with Crippen molar-refractivity contribution < 1.29 is 14.3 Å². The summed E-state index contributed by atoms with van der Waals surface area (Å²) in [5.41, 5.74) is 4.92. The highest BCUT2D eigenvalue weighted by molar-refractivity contribution is 6.06. The molecule has 0 bridgehead atoms. The van der Waals surface area contributed by atoms with E-state index in [4.69, 9.17) is 4.74 Å². The van der Waals surface area contributed by atoms with Crippen LogP contribution in [0.15, 0.2) is 36.4 Å². The standard InChI is InChI=1S/C21H26N2O3/c1-14-11-15(2)19(16(3)12-14)23-21(25)18-8-5-7-17(13-18)20(24)22-9-6-10-26-4/h5,7-8,11-13H,6,9-10H2,1-4H3,(H,22,24)(H,23,25). The van der Waals surface area contributed by atoms with E-state index in [1.54, 1.807) is 31.4 Å². The number of nitrogens with one attached hydrogen (secondary N) is 2. The van der Waals surface area contributed by atoms with Crippen molar-refractivity contribution in [1.82, 2.24) is 5.32 Å². The van der Waals surface area contributed by atoms with Crippen molar-refractivity contribution in [2.45, 2.75) is 27.2 Å². The Bertz CT molecular complexity index is 777. The monoisotopic (exact) mass is 354 g/mol. The Kier molecular flexibility index (Phi) is 6.92. The summed E-state index contributed by atoms with van der Waals surface area (Å²) in [7, 11) is 1.63. The summed E-state index contributed by atoms with van der Waals surface area (Å²) in [6.45, 7) is 7.10. The fourth-order valence-corrected chi connectivity index (χ4v) is 2.89. The highest BCUT2D eigenvalue weighted by Crippen LogP contribution is 2.22. The van der Waals surface area contributed by atoms with Crippen LogP contribution in [-0.2, 0) is 4.74 Å². The first-order valence-corrected chi connectivity index (χ1v) is 8.68. The Morgan fingerprint density at radius 1 is 0.962 bits per heavy atom. The third-order valence-electron chi connectivity index (χ3n) is 4.11. The smallest absolute Gasteiger partial charge is 0.255 e. The number of methoxy groups -OCH3 is 1. The summed E-state index contributed by atoms with van der Waals surface area (Å²) in [6, 6.07) is 10.8. The third-order valence-corrected chi connectivity index (χ3v) is 4.11. The molecule has 0 aliphatic rings. The van der Waals surface area contributed by atoms with E-state index in [1.165, 1.54) is 0 Å². The maximum absolute atomic E-state index is 12.6. The molecule has 2 N–H and O–H groups in total. The van der Waals surface area contributed by atoms with Gasteiger partial charge < -0.3 is 15.4 Å². The Morgan fingerprint density at radius 3 is 2.19 bits per heavy atom. The number of anilines is 1. The van der Waals surface area contributed by atoms with Crippen molar-refractivity contribution in [1.29, 1.82) is 0 Å². The zero-order valence-corrected chi connectivity index (χ0v) is 15.8. The molecule has 2 aromatic rings. The molecule has 2 aromatic carbocycles. The molecule has 2 amide bonds. The average molecular weight is 354 g/mol. The van der Waals surface area contributed by atoms with Gasteiger partial charge in [-0.2, -0.15) is 0 Å². The molecule has 5 heteroatoms. The van der Waals surface area contributed by atoms with Crippen LogP contribution in [0.4, 0.5) is 5.69 Å². The second-order valence-corrected chi connectivity index (χ2v) is 6.41. The van der Waals surface area contributed by atoms with Gasteiger partial charge in [-0.05, 0) is 56.5 Å². The predicted molar refractivity (Wildman–Crippen MR) is 104 cm³/mol. The van der Waals surface area contributed by atoms with Crippen molar-refractivity contribution in [3.8, 4) is 0 Å². The van der Waals surface area contributed by atoms with Gasteiger partial charge in [0.2, 0.25) is 0 Å². The van der Waals surface area contributed by atoms with Gasteiger partial charge in [0.15, 0.2) is 0 Å². The highest BCUT2D eigenvalue weighted by Gasteiger charge is 2.13. The van der Waals surface area contributed by atoms with E-state index in [1.807, 2.05) is 32.9 Å². The van der Waals surface area contributed by atoms with Crippen LogP contribution in [0.3, 0.4) is 0 Å². The lowest BCUT2D eigenvalue weighted by molar-refractivity contribution is 0.0948. The van der Waals surface area contributed by atoms with E-state index in [0.717, 1.165) is 28.8 Å².